The lowest BCUT2D eigenvalue weighted by molar-refractivity contribution is -0.138. The smallest absolute Gasteiger partial charge is 0.343 e. The largest absolute Gasteiger partial charge is 0.462 e. The zero-order valence-corrected chi connectivity index (χ0v) is 12.5. The van der Waals surface area contributed by atoms with E-state index in [4.69, 9.17) is 4.74 Å². The Bertz CT molecular complexity index is 701. The number of halogens is 4. The molecule has 1 N–H and O–H groups in total. The topological polar surface area (TPSA) is 64.6 Å². The summed E-state index contributed by atoms with van der Waals surface area (Å²) in [5.41, 5.74) is -1.79. The van der Waals surface area contributed by atoms with Gasteiger partial charge >= 0.3 is 5.97 Å². The van der Waals surface area contributed by atoms with E-state index in [2.05, 4.69) is 10.1 Å². The van der Waals surface area contributed by atoms with Gasteiger partial charge in [0.15, 0.2) is 23.3 Å². The van der Waals surface area contributed by atoms with E-state index in [0.717, 1.165) is 6.20 Å². The van der Waals surface area contributed by atoms with Gasteiger partial charge in [0.05, 0.1) is 31.4 Å². The van der Waals surface area contributed by atoms with Crippen molar-refractivity contribution in [3.8, 4) is 0 Å². The van der Waals surface area contributed by atoms with Crippen LogP contribution in [-0.4, -0.2) is 37.6 Å². The highest BCUT2D eigenvalue weighted by atomic mass is 19.2. The SMILES string of the molecule is CCOC(=O)/C(=C/NC1COC1)C(=O)c1cc(F)c(F)c(F)c1F. The molecule has 1 aromatic carbocycles. The molecule has 0 bridgehead atoms. The predicted molar refractivity (Wildman–Crippen MR) is 73.1 cm³/mol. The van der Waals surface area contributed by atoms with Crippen molar-refractivity contribution in [3.63, 3.8) is 0 Å². The second-order valence-electron chi connectivity index (χ2n) is 4.86. The van der Waals surface area contributed by atoms with Crippen LogP contribution in [0.4, 0.5) is 17.6 Å². The molecule has 2 rings (SSSR count). The lowest BCUT2D eigenvalue weighted by Gasteiger charge is -2.26. The van der Waals surface area contributed by atoms with Gasteiger partial charge < -0.3 is 14.8 Å². The van der Waals surface area contributed by atoms with Gasteiger partial charge in [0.2, 0.25) is 5.78 Å². The third-order valence-corrected chi connectivity index (χ3v) is 3.19. The standard InChI is InChI=1S/C15H13F4NO4/c1-2-24-15(22)9(4-20-7-5-23-6-7)14(21)8-3-10(16)12(18)13(19)11(8)17/h3-4,7,20H,2,5-6H2,1H3/b9-4+. The Morgan fingerprint density at radius 3 is 2.46 bits per heavy atom. The molecule has 0 atom stereocenters. The first-order valence-corrected chi connectivity index (χ1v) is 6.95. The molecule has 0 saturated carbocycles. The van der Waals surface area contributed by atoms with Crippen LogP contribution in [0.25, 0.3) is 0 Å². The van der Waals surface area contributed by atoms with Gasteiger partial charge in [0, 0.05) is 6.20 Å². The van der Waals surface area contributed by atoms with Gasteiger partial charge in [0.1, 0.15) is 5.57 Å². The molecule has 0 spiro atoms. The van der Waals surface area contributed by atoms with Gasteiger partial charge in [0.25, 0.3) is 0 Å². The van der Waals surface area contributed by atoms with Crippen molar-refractivity contribution in [2.45, 2.75) is 13.0 Å². The fourth-order valence-corrected chi connectivity index (χ4v) is 1.84. The average Bonchev–Trinajstić information content (AvgIpc) is 2.50. The third-order valence-electron chi connectivity index (χ3n) is 3.19. The van der Waals surface area contributed by atoms with Gasteiger partial charge in [-0.3, -0.25) is 4.79 Å². The number of hydrogen-bond acceptors (Lipinski definition) is 5. The maximum Gasteiger partial charge on any atom is 0.343 e. The van der Waals surface area contributed by atoms with E-state index in [0.29, 0.717) is 13.2 Å². The summed E-state index contributed by atoms with van der Waals surface area (Å²) >= 11 is 0. The quantitative estimate of drug-likeness (QED) is 0.124. The summed E-state index contributed by atoms with van der Waals surface area (Å²) in [5, 5.41) is 2.68. The number of hydrogen-bond donors (Lipinski definition) is 1. The third kappa shape index (κ3) is 3.56. The highest BCUT2D eigenvalue weighted by molar-refractivity contribution is 6.24. The molecular formula is C15H13F4NO4. The molecule has 24 heavy (non-hydrogen) atoms. The average molecular weight is 347 g/mol. The number of ketones is 1. The molecule has 0 aromatic heterocycles. The minimum atomic E-state index is -2.14. The lowest BCUT2D eigenvalue weighted by atomic mass is 10.0. The number of nitrogens with one attached hydrogen (secondary N) is 1. The summed E-state index contributed by atoms with van der Waals surface area (Å²) in [7, 11) is 0. The number of rotatable bonds is 6. The Kier molecular flexibility index (Phi) is 5.55. The molecule has 5 nitrogen and oxygen atoms in total. The Morgan fingerprint density at radius 2 is 1.92 bits per heavy atom. The van der Waals surface area contributed by atoms with Crippen molar-refractivity contribution in [3.05, 3.63) is 46.7 Å². The van der Waals surface area contributed by atoms with Gasteiger partial charge in [-0.1, -0.05) is 0 Å². The number of ether oxygens (including phenoxy) is 2. The maximum absolute atomic E-state index is 13.8. The second kappa shape index (κ2) is 7.43. The van der Waals surface area contributed by atoms with Crippen molar-refractivity contribution >= 4 is 11.8 Å². The minimum Gasteiger partial charge on any atom is -0.462 e. The molecule has 1 fully saturated rings. The maximum atomic E-state index is 13.8. The van der Waals surface area contributed by atoms with E-state index in [1.54, 1.807) is 0 Å². The summed E-state index contributed by atoms with van der Waals surface area (Å²) in [4.78, 5) is 24.1. The number of carbonyl (C=O) groups excluding carboxylic acids is 2. The molecule has 1 aliphatic rings. The van der Waals surface area contributed by atoms with E-state index >= 15 is 0 Å². The van der Waals surface area contributed by atoms with Gasteiger partial charge in [-0.05, 0) is 13.0 Å². The first-order chi connectivity index (χ1) is 11.4. The molecule has 0 aliphatic carbocycles. The zero-order chi connectivity index (χ0) is 17.9. The summed E-state index contributed by atoms with van der Waals surface area (Å²) in [5.74, 6) is -10.3. The Morgan fingerprint density at radius 1 is 1.25 bits per heavy atom. The molecular weight excluding hydrogens is 334 g/mol. The Hall–Kier alpha value is -2.42. The van der Waals surface area contributed by atoms with Crippen LogP contribution in [0.15, 0.2) is 17.8 Å². The molecule has 130 valence electrons. The Labute approximate surface area is 134 Å². The molecule has 1 heterocycles. The summed E-state index contributed by atoms with van der Waals surface area (Å²) < 4.78 is 62.9. The van der Waals surface area contributed by atoms with E-state index in [-0.39, 0.29) is 18.7 Å². The van der Waals surface area contributed by atoms with Crippen LogP contribution in [0, 0.1) is 23.3 Å². The molecule has 0 radical (unpaired) electrons. The second-order valence-corrected chi connectivity index (χ2v) is 4.86. The van der Waals surface area contributed by atoms with E-state index in [9.17, 15) is 27.2 Å². The van der Waals surface area contributed by atoms with Crippen molar-refractivity contribution in [1.29, 1.82) is 0 Å². The molecule has 9 heteroatoms. The first kappa shape index (κ1) is 17.9. The fraction of sp³-hybridized carbons (Fsp3) is 0.333. The van der Waals surface area contributed by atoms with Crippen molar-refractivity contribution in [2.24, 2.45) is 0 Å². The monoisotopic (exact) mass is 347 g/mol. The van der Waals surface area contributed by atoms with Gasteiger partial charge in [-0.2, -0.15) is 0 Å². The number of benzene rings is 1. The molecule has 0 amide bonds. The van der Waals surface area contributed by atoms with Crippen molar-refractivity contribution < 1.29 is 36.6 Å². The van der Waals surface area contributed by atoms with Gasteiger partial charge in [-0.25, -0.2) is 22.4 Å². The fourth-order valence-electron chi connectivity index (χ4n) is 1.84. The Balaban J connectivity index is 2.38. The molecule has 1 aromatic rings. The number of esters is 1. The summed E-state index contributed by atoms with van der Waals surface area (Å²) in [6, 6.07) is 0.0176. The van der Waals surface area contributed by atoms with Crippen LogP contribution in [-0.2, 0) is 14.3 Å². The normalized spacial score (nSPS) is 15.0. The van der Waals surface area contributed by atoms with E-state index in [1.165, 1.54) is 6.92 Å². The highest BCUT2D eigenvalue weighted by Gasteiger charge is 2.29. The van der Waals surface area contributed by atoms with Crippen LogP contribution < -0.4 is 5.32 Å². The van der Waals surface area contributed by atoms with Crippen LogP contribution in [0.2, 0.25) is 0 Å². The van der Waals surface area contributed by atoms with Gasteiger partial charge in [-0.15, -0.1) is 0 Å². The first-order valence-electron chi connectivity index (χ1n) is 6.95. The van der Waals surface area contributed by atoms with Crippen LogP contribution in [0.1, 0.15) is 17.3 Å². The number of Topliss-reactive ketones (excluding diaryl/α,β-unsaturated/α-hetero) is 1. The van der Waals surface area contributed by atoms with Crippen molar-refractivity contribution in [2.75, 3.05) is 19.8 Å². The van der Waals surface area contributed by atoms with E-state index in [1.807, 2.05) is 0 Å². The summed E-state index contributed by atoms with van der Waals surface area (Å²) in [6.07, 6.45) is 0.964. The van der Waals surface area contributed by atoms with E-state index < -0.39 is 46.2 Å². The number of carbonyl (C=O) groups is 2. The van der Waals surface area contributed by atoms with Crippen LogP contribution >= 0.6 is 0 Å². The minimum absolute atomic E-state index is 0.0788. The van der Waals surface area contributed by atoms with Crippen molar-refractivity contribution in [1.82, 2.24) is 5.32 Å². The lowest BCUT2D eigenvalue weighted by Crippen LogP contribution is -2.44. The predicted octanol–water partition coefficient (Wildman–Crippen LogP) is 1.86. The molecule has 0 unspecified atom stereocenters. The van der Waals surface area contributed by atoms with Crippen LogP contribution in [0.3, 0.4) is 0 Å². The zero-order valence-electron chi connectivity index (χ0n) is 12.5. The molecule has 1 saturated heterocycles. The van der Waals surface area contributed by atoms with Crippen LogP contribution in [0.5, 0.6) is 0 Å². The molecule has 1 aliphatic heterocycles. The highest BCUT2D eigenvalue weighted by Crippen LogP contribution is 2.21. The summed E-state index contributed by atoms with van der Waals surface area (Å²) in [6.45, 7) is 2.06.